The summed E-state index contributed by atoms with van der Waals surface area (Å²) >= 11 is 0. The van der Waals surface area contributed by atoms with Crippen molar-refractivity contribution in [2.24, 2.45) is 0 Å². The number of aliphatic hydroxyl groups is 1. The molecule has 0 amide bonds. The third kappa shape index (κ3) is 3.36. The van der Waals surface area contributed by atoms with Crippen molar-refractivity contribution in [3.8, 4) is 5.75 Å². The van der Waals surface area contributed by atoms with Crippen LogP contribution in [0.2, 0.25) is 0 Å². The average Bonchev–Trinajstić information content (AvgIpc) is 2.46. The highest BCUT2D eigenvalue weighted by Crippen LogP contribution is 2.22. The van der Waals surface area contributed by atoms with Crippen molar-refractivity contribution in [3.05, 3.63) is 65.2 Å². The maximum absolute atomic E-state index is 10.9. The number of benzene rings is 2. The van der Waals surface area contributed by atoms with Crippen LogP contribution in [0.4, 0.5) is 0 Å². The molecular weight excluding hydrogens is 256 g/mol. The molecule has 0 aliphatic rings. The fourth-order valence-corrected chi connectivity index (χ4v) is 1.83. The first kappa shape index (κ1) is 14.1. The highest BCUT2D eigenvalue weighted by Gasteiger charge is 2.11. The van der Waals surface area contributed by atoms with E-state index in [-0.39, 0.29) is 12.2 Å². The molecule has 2 N–H and O–H groups in total. The maximum Gasteiger partial charge on any atom is 0.335 e. The van der Waals surface area contributed by atoms with E-state index in [2.05, 4.69) is 0 Å². The van der Waals surface area contributed by atoms with Crippen LogP contribution in [-0.4, -0.2) is 22.8 Å². The first-order chi connectivity index (χ1) is 9.58. The Hall–Kier alpha value is -2.33. The standard InChI is InChI=1S/C16H16O4/c1-11-7-8-13(16(18)19)9-15(11)20-10-14(17)12-5-3-2-4-6-12/h2-9,14,17H,10H2,1H3,(H,18,19). The van der Waals surface area contributed by atoms with E-state index in [4.69, 9.17) is 9.84 Å². The summed E-state index contributed by atoms with van der Waals surface area (Å²) < 4.78 is 5.53. The molecule has 2 aromatic carbocycles. The van der Waals surface area contributed by atoms with Crippen LogP contribution < -0.4 is 4.74 Å². The van der Waals surface area contributed by atoms with E-state index in [1.54, 1.807) is 6.07 Å². The SMILES string of the molecule is Cc1ccc(C(=O)O)cc1OCC(O)c1ccccc1. The number of hydrogen-bond donors (Lipinski definition) is 2. The predicted molar refractivity (Wildman–Crippen MR) is 75.0 cm³/mol. The van der Waals surface area contributed by atoms with Gasteiger partial charge in [-0.05, 0) is 30.2 Å². The van der Waals surface area contributed by atoms with Crippen molar-refractivity contribution in [2.75, 3.05) is 6.61 Å². The Morgan fingerprint density at radius 2 is 1.90 bits per heavy atom. The lowest BCUT2D eigenvalue weighted by atomic mass is 10.1. The van der Waals surface area contributed by atoms with E-state index >= 15 is 0 Å². The second-order valence-corrected chi connectivity index (χ2v) is 4.52. The fourth-order valence-electron chi connectivity index (χ4n) is 1.83. The number of rotatable bonds is 5. The summed E-state index contributed by atoms with van der Waals surface area (Å²) in [6.07, 6.45) is -0.746. The van der Waals surface area contributed by atoms with Crippen molar-refractivity contribution >= 4 is 5.97 Å². The van der Waals surface area contributed by atoms with Crippen molar-refractivity contribution < 1.29 is 19.7 Å². The zero-order valence-electron chi connectivity index (χ0n) is 11.1. The van der Waals surface area contributed by atoms with E-state index in [1.807, 2.05) is 37.3 Å². The summed E-state index contributed by atoms with van der Waals surface area (Å²) in [5.41, 5.74) is 1.76. The van der Waals surface area contributed by atoms with Crippen molar-refractivity contribution in [2.45, 2.75) is 13.0 Å². The lowest BCUT2D eigenvalue weighted by Gasteiger charge is -2.14. The van der Waals surface area contributed by atoms with Gasteiger partial charge in [-0.3, -0.25) is 0 Å². The van der Waals surface area contributed by atoms with Crippen molar-refractivity contribution in [1.29, 1.82) is 0 Å². The number of aromatic carboxylic acids is 1. The largest absolute Gasteiger partial charge is 0.490 e. The zero-order valence-corrected chi connectivity index (χ0v) is 11.1. The van der Waals surface area contributed by atoms with Crippen LogP contribution in [0.1, 0.15) is 27.6 Å². The fraction of sp³-hybridized carbons (Fsp3) is 0.188. The minimum absolute atomic E-state index is 0.0773. The molecule has 0 aromatic heterocycles. The summed E-state index contributed by atoms with van der Waals surface area (Å²) in [4.78, 5) is 10.9. The minimum Gasteiger partial charge on any atom is -0.490 e. The third-order valence-corrected chi connectivity index (χ3v) is 3.02. The molecule has 0 aliphatic heterocycles. The Labute approximate surface area is 117 Å². The summed E-state index contributed by atoms with van der Waals surface area (Å²) in [7, 11) is 0. The van der Waals surface area contributed by atoms with Crippen molar-refractivity contribution in [1.82, 2.24) is 0 Å². The molecule has 0 saturated heterocycles. The van der Waals surface area contributed by atoms with Crippen LogP contribution >= 0.6 is 0 Å². The molecule has 1 atom stereocenters. The minimum atomic E-state index is -1.00. The van der Waals surface area contributed by atoms with E-state index in [9.17, 15) is 9.90 Å². The molecule has 104 valence electrons. The number of aryl methyl sites for hydroxylation is 1. The van der Waals surface area contributed by atoms with Gasteiger partial charge in [0.2, 0.25) is 0 Å². The Morgan fingerprint density at radius 3 is 2.55 bits per heavy atom. The van der Waals surface area contributed by atoms with Crippen LogP contribution in [0.3, 0.4) is 0 Å². The molecule has 2 aromatic rings. The molecular formula is C16H16O4. The van der Waals surface area contributed by atoms with Crippen LogP contribution in [0, 0.1) is 6.92 Å². The van der Waals surface area contributed by atoms with E-state index < -0.39 is 12.1 Å². The second kappa shape index (κ2) is 6.21. The molecule has 0 spiro atoms. The van der Waals surface area contributed by atoms with Gasteiger partial charge in [-0.25, -0.2) is 4.79 Å². The van der Waals surface area contributed by atoms with Crippen LogP contribution in [0.15, 0.2) is 48.5 Å². The topological polar surface area (TPSA) is 66.8 Å². The summed E-state index contributed by atoms with van der Waals surface area (Å²) in [6.45, 7) is 1.91. The Kier molecular flexibility index (Phi) is 4.38. The summed E-state index contributed by atoms with van der Waals surface area (Å²) in [5, 5.41) is 19.0. The van der Waals surface area contributed by atoms with Gasteiger partial charge < -0.3 is 14.9 Å². The molecule has 4 nitrogen and oxygen atoms in total. The zero-order chi connectivity index (χ0) is 14.5. The van der Waals surface area contributed by atoms with Gasteiger partial charge in [0.1, 0.15) is 18.5 Å². The predicted octanol–water partition coefficient (Wildman–Crippen LogP) is 2.81. The molecule has 1 unspecified atom stereocenters. The lowest BCUT2D eigenvalue weighted by molar-refractivity contribution is 0.0696. The molecule has 0 heterocycles. The Morgan fingerprint density at radius 1 is 1.20 bits per heavy atom. The van der Waals surface area contributed by atoms with Gasteiger partial charge >= 0.3 is 5.97 Å². The molecule has 0 fully saturated rings. The average molecular weight is 272 g/mol. The Balaban J connectivity index is 2.07. The number of carboxylic acids is 1. The molecule has 20 heavy (non-hydrogen) atoms. The third-order valence-electron chi connectivity index (χ3n) is 3.02. The molecule has 2 rings (SSSR count). The second-order valence-electron chi connectivity index (χ2n) is 4.52. The Bertz CT molecular complexity index is 593. The number of hydrogen-bond acceptors (Lipinski definition) is 3. The molecule has 4 heteroatoms. The quantitative estimate of drug-likeness (QED) is 0.878. The molecule has 0 radical (unpaired) electrons. The number of ether oxygens (including phenoxy) is 1. The molecule has 0 aliphatic carbocycles. The van der Waals surface area contributed by atoms with E-state index in [0.717, 1.165) is 11.1 Å². The van der Waals surface area contributed by atoms with Gasteiger partial charge in [-0.2, -0.15) is 0 Å². The van der Waals surface area contributed by atoms with Gasteiger partial charge in [-0.1, -0.05) is 36.4 Å². The number of carbonyl (C=O) groups is 1. The van der Waals surface area contributed by atoms with Gasteiger partial charge in [0.25, 0.3) is 0 Å². The van der Waals surface area contributed by atoms with E-state index in [1.165, 1.54) is 12.1 Å². The highest BCUT2D eigenvalue weighted by atomic mass is 16.5. The first-order valence-electron chi connectivity index (χ1n) is 6.27. The van der Waals surface area contributed by atoms with Crippen LogP contribution in [-0.2, 0) is 0 Å². The van der Waals surface area contributed by atoms with Crippen LogP contribution in [0.25, 0.3) is 0 Å². The van der Waals surface area contributed by atoms with Crippen molar-refractivity contribution in [3.63, 3.8) is 0 Å². The first-order valence-corrected chi connectivity index (χ1v) is 6.27. The number of carboxylic acid groups (broad SMARTS) is 1. The van der Waals surface area contributed by atoms with E-state index in [0.29, 0.717) is 5.75 Å². The van der Waals surface area contributed by atoms with Gasteiger partial charge in [0.15, 0.2) is 0 Å². The summed E-state index contributed by atoms with van der Waals surface area (Å²) in [5.74, 6) is -0.529. The van der Waals surface area contributed by atoms with Crippen LogP contribution in [0.5, 0.6) is 5.75 Å². The molecule has 0 saturated carbocycles. The van der Waals surface area contributed by atoms with Gasteiger partial charge in [-0.15, -0.1) is 0 Å². The number of aliphatic hydroxyl groups excluding tert-OH is 1. The molecule has 0 bridgehead atoms. The summed E-state index contributed by atoms with van der Waals surface area (Å²) in [6, 6.07) is 13.9. The van der Waals surface area contributed by atoms with Gasteiger partial charge in [0.05, 0.1) is 5.56 Å². The smallest absolute Gasteiger partial charge is 0.335 e. The lowest BCUT2D eigenvalue weighted by Crippen LogP contribution is -2.10. The monoisotopic (exact) mass is 272 g/mol. The maximum atomic E-state index is 10.9. The van der Waals surface area contributed by atoms with Gasteiger partial charge in [0, 0.05) is 0 Å². The normalized spacial score (nSPS) is 11.9. The highest BCUT2D eigenvalue weighted by molar-refractivity contribution is 5.88.